The first-order chi connectivity index (χ1) is 9.22. The molecule has 2 nitrogen and oxygen atoms in total. The lowest BCUT2D eigenvalue weighted by Crippen LogP contribution is -2.28. The number of benzene rings is 1. The lowest BCUT2D eigenvalue weighted by Gasteiger charge is -2.22. The van der Waals surface area contributed by atoms with Gasteiger partial charge >= 0.3 is 0 Å². The Balaban J connectivity index is 1.80. The maximum absolute atomic E-state index is 4.77. The van der Waals surface area contributed by atoms with E-state index >= 15 is 0 Å². The van der Waals surface area contributed by atoms with E-state index in [1.165, 1.54) is 53.1 Å². The van der Waals surface area contributed by atoms with Crippen LogP contribution in [0.1, 0.15) is 43.2 Å². The van der Waals surface area contributed by atoms with Crippen LogP contribution in [-0.2, 0) is 6.42 Å². The van der Waals surface area contributed by atoms with Crippen molar-refractivity contribution in [3.05, 3.63) is 28.8 Å². The monoisotopic (exact) mass is 274 g/mol. The zero-order valence-corrected chi connectivity index (χ0v) is 12.6. The summed E-state index contributed by atoms with van der Waals surface area (Å²) in [6.45, 7) is 6.80. The Morgan fingerprint density at radius 3 is 2.84 bits per heavy atom. The van der Waals surface area contributed by atoms with Crippen molar-refractivity contribution in [3.63, 3.8) is 0 Å². The summed E-state index contributed by atoms with van der Waals surface area (Å²) in [5, 5.41) is 4.69. The van der Waals surface area contributed by atoms with E-state index in [0.29, 0.717) is 5.92 Å². The fourth-order valence-corrected chi connectivity index (χ4v) is 3.73. The third-order valence-corrected chi connectivity index (χ3v) is 5.28. The van der Waals surface area contributed by atoms with E-state index in [-0.39, 0.29) is 0 Å². The van der Waals surface area contributed by atoms with Crippen molar-refractivity contribution in [1.82, 2.24) is 10.3 Å². The normalized spacial score (nSPS) is 17.4. The molecule has 0 atom stereocenters. The van der Waals surface area contributed by atoms with Gasteiger partial charge in [0.25, 0.3) is 0 Å². The van der Waals surface area contributed by atoms with E-state index in [2.05, 4.69) is 37.4 Å². The molecule has 3 heteroatoms. The number of aromatic nitrogens is 1. The highest BCUT2D eigenvalue weighted by molar-refractivity contribution is 7.18. The third-order valence-electron chi connectivity index (χ3n) is 3.95. The van der Waals surface area contributed by atoms with Gasteiger partial charge in [-0.05, 0) is 56.0 Å². The van der Waals surface area contributed by atoms with Crippen LogP contribution >= 0.6 is 11.3 Å². The van der Waals surface area contributed by atoms with Gasteiger partial charge in [-0.1, -0.05) is 19.9 Å². The first-order valence-corrected chi connectivity index (χ1v) is 8.14. The zero-order chi connectivity index (χ0) is 13.2. The van der Waals surface area contributed by atoms with Crippen molar-refractivity contribution in [2.24, 2.45) is 5.92 Å². The number of piperidine rings is 1. The number of nitrogens with zero attached hydrogens (tertiary/aromatic N) is 1. The number of fused-ring (bicyclic) bond motifs is 1. The Hall–Kier alpha value is -0.930. The molecular formula is C16H22N2S. The molecule has 0 spiro atoms. The van der Waals surface area contributed by atoms with Crippen molar-refractivity contribution >= 4 is 21.6 Å². The molecule has 1 aromatic heterocycles. The largest absolute Gasteiger partial charge is 0.317 e. The maximum atomic E-state index is 4.77. The molecule has 0 saturated carbocycles. The van der Waals surface area contributed by atoms with E-state index in [1.54, 1.807) is 0 Å². The van der Waals surface area contributed by atoms with Crippen LogP contribution in [0.2, 0.25) is 0 Å². The third kappa shape index (κ3) is 2.98. The zero-order valence-electron chi connectivity index (χ0n) is 11.8. The predicted molar refractivity (Wildman–Crippen MR) is 83.0 cm³/mol. The van der Waals surface area contributed by atoms with Crippen molar-refractivity contribution in [2.45, 2.75) is 39.0 Å². The molecule has 1 aliphatic heterocycles. The van der Waals surface area contributed by atoms with Crippen LogP contribution in [0.15, 0.2) is 18.2 Å². The van der Waals surface area contributed by atoms with Gasteiger partial charge in [-0.3, -0.25) is 0 Å². The number of thiazole rings is 1. The van der Waals surface area contributed by atoms with E-state index in [4.69, 9.17) is 4.98 Å². The van der Waals surface area contributed by atoms with Gasteiger partial charge in [0.15, 0.2) is 0 Å². The molecule has 1 aromatic carbocycles. The van der Waals surface area contributed by atoms with Crippen LogP contribution in [0.25, 0.3) is 10.2 Å². The smallest absolute Gasteiger partial charge is 0.0963 e. The van der Waals surface area contributed by atoms with Gasteiger partial charge < -0.3 is 5.32 Å². The highest BCUT2D eigenvalue weighted by Crippen LogP contribution is 2.29. The Bertz CT molecular complexity index is 553. The fraction of sp³-hybridized carbons (Fsp3) is 0.562. The molecule has 2 aromatic rings. The lowest BCUT2D eigenvalue weighted by atomic mass is 9.91. The summed E-state index contributed by atoms with van der Waals surface area (Å²) in [5.41, 5.74) is 2.65. The minimum atomic E-state index is 0.533. The second kappa shape index (κ2) is 5.59. The maximum Gasteiger partial charge on any atom is 0.0963 e. The molecule has 1 fully saturated rings. The summed E-state index contributed by atoms with van der Waals surface area (Å²) in [6.07, 6.45) is 3.84. The summed E-state index contributed by atoms with van der Waals surface area (Å²) in [7, 11) is 0. The molecule has 3 rings (SSSR count). The SMILES string of the molecule is CC(C)c1nc2cc(CC3CCNCC3)ccc2s1. The minimum Gasteiger partial charge on any atom is -0.317 e. The van der Waals surface area contributed by atoms with Crippen molar-refractivity contribution < 1.29 is 0 Å². The summed E-state index contributed by atoms with van der Waals surface area (Å²) in [4.78, 5) is 4.77. The van der Waals surface area contributed by atoms with Gasteiger partial charge in [0, 0.05) is 5.92 Å². The van der Waals surface area contributed by atoms with Crippen LogP contribution in [-0.4, -0.2) is 18.1 Å². The first-order valence-electron chi connectivity index (χ1n) is 7.32. The molecule has 19 heavy (non-hydrogen) atoms. The fourth-order valence-electron chi connectivity index (χ4n) is 2.78. The highest BCUT2D eigenvalue weighted by atomic mass is 32.1. The highest BCUT2D eigenvalue weighted by Gasteiger charge is 2.14. The second-order valence-corrected chi connectivity index (χ2v) is 6.97. The van der Waals surface area contributed by atoms with Crippen molar-refractivity contribution in [1.29, 1.82) is 0 Å². The van der Waals surface area contributed by atoms with Gasteiger partial charge in [0.05, 0.1) is 15.2 Å². The summed E-state index contributed by atoms with van der Waals surface area (Å²) in [6, 6.07) is 6.86. The second-order valence-electron chi connectivity index (χ2n) is 5.91. The number of nitrogens with one attached hydrogen (secondary N) is 1. The molecule has 102 valence electrons. The van der Waals surface area contributed by atoms with Gasteiger partial charge in [-0.25, -0.2) is 4.98 Å². The Morgan fingerprint density at radius 2 is 2.11 bits per heavy atom. The van der Waals surface area contributed by atoms with Gasteiger partial charge in [-0.2, -0.15) is 0 Å². The topological polar surface area (TPSA) is 24.9 Å². The van der Waals surface area contributed by atoms with Crippen molar-refractivity contribution in [2.75, 3.05) is 13.1 Å². The van der Waals surface area contributed by atoms with E-state index in [1.807, 2.05) is 11.3 Å². The molecule has 1 saturated heterocycles. The Kier molecular flexibility index (Phi) is 3.85. The number of hydrogen-bond donors (Lipinski definition) is 1. The van der Waals surface area contributed by atoms with Crippen LogP contribution in [0, 0.1) is 5.92 Å². The molecule has 0 amide bonds. The van der Waals surface area contributed by atoms with Crippen LogP contribution in [0.3, 0.4) is 0 Å². The summed E-state index contributed by atoms with van der Waals surface area (Å²) in [5.74, 6) is 1.38. The molecule has 1 N–H and O–H groups in total. The average molecular weight is 274 g/mol. The quantitative estimate of drug-likeness (QED) is 0.916. The average Bonchev–Trinajstić information content (AvgIpc) is 2.83. The molecule has 0 unspecified atom stereocenters. The van der Waals surface area contributed by atoms with Crippen LogP contribution < -0.4 is 5.32 Å². The summed E-state index contributed by atoms with van der Waals surface area (Å²) >= 11 is 1.84. The van der Waals surface area contributed by atoms with Gasteiger partial charge in [-0.15, -0.1) is 11.3 Å². The molecule has 1 aliphatic rings. The van der Waals surface area contributed by atoms with E-state index in [9.17, 15) is 0 Å². The number of hydrogen-bond acceptors (Lipinski definition) is 3. The molecular weight excluding hydrogens is 252 g/mol. The first kappa shape index (κ1) is 13.1. The van der Waals surface area contributed by atoms with Crippen LogP contribution in [0.4, 0.5) is 0 Å². The minimum absolute atomic E-state index is 0.533. The van der Waals surface area contributed by atoms with Gasteiger partial charge in [0.2, 0.25) is 0 Å². The molecule has 0 radical (unpaired) electrons. The van der Waals surface area contributed by atoms with E-state index < -0.39 is 0 Å². The van der Waals surface area contributed by atoms with Crippen molar-refractivity contribution in [3.8, 4) is 0 Å². The lowest BCUT2D eigenvalue weighted by molar-refractivity contribution is 0.373. The Morgan fingerprint density at radius 1 is 1.32 bits per heavy atom. The Labute approximate surface area is 119 Å². The van der Waals surface area contributed by atoms with E-state index in [0.717, 1.165) is 5.92 Å². The molecule has 0 bridgehead atoms. The van der Waals surface area contributed by atoms with Gasteiger partial charge in [0.1, 0.15) is 0 Å². The number of rotatable bonds is 3. The van der Waals surface area contributed by atoms with Crippen LogP contribution in [0.5, 0.6) is 0 Å². The standard InChI is InChI=1S/C16H22N2S/c1-11(2)16-18-14-10-13(3-4-15(14)19-16)9-12-5-7-17-8-6-12/h3-4,10-12,17H,5-9H2,1-2H3. The molecule has 2 heterocycles. The summed E-state index contributed by atoms with van der Waals surface area (Å²) < 4.78 is 1.33. The predicted octanol–water partition coefficient (Wildman–Crippen LogP) is 3.96. The molecule has 0 aliphatic carbocycles.